The van der Waals surface area contributed by atoms with Crippen molar-refractivity contribution in [1.82, 2.24) is 14.9 Å². The Balaban J connectivity index is 1.67. The van der Waals surface area contributed by atoms with E-state index in [0.29, 0.717) is 16.6 Å². The first-order valence-electron chi connectivity index (χ1n) is 13.1. The van der Waals surface area contributed by atoms with Crippen molar-refractivity contribution < 1.29 is 24.3 Å². The molecular weight excluding hydrogens is 528 g/mol. The molecule has 1 atom stereocenters. The molecule has 0 saturated carbocycles. The Kier molecular flexibility index (Phi) is 10.4. The van der Waals surface area contributed by atoms with E-state index in [-0.39, 0.29) is 36.1 Å². The number of fused-ring (bicyclic) bond motifs is 1. The number of carbonyl (C=O) groups excluding carboxylic acids is 3. The highest BCUT2D eigenvalue weighted by molar-refractivity contribution is 6.41. The van der Waals surface area contributed by atoms with Gasteiger partial charge in [0.2, 0.25) is 5.91 Å². The van der Waals surface area contributed by atoms with Crippen molar-refractivity contribution in [3.05, 3.63) is 70.3 Å². The molecule has 2 aromatic carbocycles. The summed E-state index contributed by atoms with van der Waals surface area (Å²) in [5.74, 6) is -1.87. The summed E-state index contributed by atoms with van der Waals surface area (Å²) in [6.45, 7) is 5.90. The van der Waals surface area contributed by atoms with Crippen LogP contribution in [0.25, 0.3) is 10.8 Å². The average Bonchev–Trinajstić information content (AvgIpc) is 2.98. The lowest BCUT2D eigenvalue weighted by Crippen LogP contribution is -2.41. The van der Waals surface area contributed by atoms with Crippen LogP contribution in [0.4, 0.5) is 5.82 Å². The number of nitrogens with one attached hydrogen (secondary N) is 3. The molecule has 0 aliphatic rings. The van der Waals surface area contributed by atoms with Crippen molar-refractivity contribution in [3.63, 3.8) is 0 Å². The van der Waals surface area contributed by atoms with Gasteiger partial charge in [-0.05, 0) is 36.1 Å². The van der Waals surface area contributed by atoms with Crippen LogP contribution in [0.1, 0.15) is 62.1 Å². The lowest BCUT2D eigenvalue weighted by molar-refractivity contribution is -0.128. The summed E-state index contributed by atoms with van der Waals surface area (Å²) in [5, 5.41) is 26.7. The number of oxime groups is 1. The van der Waals surface area contributed by atoms with E-state index in [9.17, 15) is 19.2 Å². The Labute approximate surface area is 236 Å². The molecule has 0 spiro atoms. The van der Waals surface area contributed by atoms with Gasteiger partial charge in [-0.15, -0.1) is 0 Å². The minimum Gasteiger partial charge on any atom is -0.454 e. The molecule has 3 aromatic rings. The smallest absolute Gasteiger partial charge is 0.339 e. The summed E-state index contributed by atoms with van der Waals surface area (Å²) in [6.07, 6.45) is 1.74. The van der Waals surface area contributed by atoms with Gasteiger partial charge in [0, 0.05) is 6.20 Å². The highest BCUT2D eigenvalue weighted by Crippen LogP contribution is 2.19. The summed E-state index contributed by atoms with van der Waals surface area (Å²) < 4.78 is 6.45. The number of ketones is 1. The van der Waals surface area contributed by atoms with Crippen molar-refractivity contribution in [3.8, 4) is 0 Å². The van der Waals surface area contributed by atoms with Gasteiger partial charge in [-0.3, -0.25) is 19.0 Å². The van der Waals surface area contributed by atoms with Gasteiger partial charge in [0.05, 0.1) is 35.8 Å². The molecule has 12 heteroatoms. The lowest BCUT2D eigenvalue weighted by Gasteiger charge is -2.20. The first kappa shape index (κ1) is 30.7. The third-order valence-corrected chi connectivity index (χ3v) is 6.42. The van der Waals surface area contributed by atoms with Gasteiger partial charge in [0.1, 0.15) is 6.04 Å². The number of hydrogen-bond donors (Lipinski definition) is 4. The predicted octanol–water partition coefficient (Wildman–Crippen LogP) is 3.30. The molecule has 4 N–H and O–H groups in total. The topological polar surface area (TPSA) is 176 Å². The van der Waals surface area contributed by atoms with Crippen molar-refractivity contribution in [2.24, 2.45) is 5.16 Å². The number of Topliss-reactive ketones (excluding diaryl/α,β-unsaturated/α-hetero) is 1. The van der Waals surface area contributed by atoms with E-state index in [1.807, 2.05) is 32.0 Å². The van der Waals surface area contributed by atoms with Crippen LogP contribution in [0.15, 0.2) is 58.6 Å². The molecule has 0 aliphatic carbocycles. The zero-order valence-electron chi connectivity index (χ0n) is 23.4. The molecular formula is C29H34N6O6. The molecule has 12 nitrogen and oxygen atoms in total. The highest BCUT2D eigenvalue weighted by atomic mass is 16.5. The van der Waals surface area contributed by atoms with Crippen LogP contribution in [-0.2, 0) is 14.3 Å². The minimum atomic E-state index is -0.949. The Bertz CT molecular complexity index is 1540. The van der Waals surface area contributed by atoms with Crippen LogP contribution in [0.2, 0.25) is 0 Å². The monoisotopic (exact) mass is 562 g/mol. The van der Waals surface area contributed by atoms with Gasteiger partial charge in [-0.2, -0.15) is 0 Å². The largest absolute Gasteiger partial charge is 0.454 e. The second-order valence-electron chi connectivity index (χ2n) is 9.68. The van der Waals surface area contributed by atoms with Crippen molar-refractivity contribution in [2.75, 3.05) is 25.0 Å². The lowest BCUT2D eigenvalue weighted by atomic mass is 10.1. The van der Waals surface area contributed by atoms with Crippen LogP contribution >= 0.6 is 0 Å². The second kappa shape index (κ2) is 14.0. The molecule has 3 rings (SSSR count). The Morgan fingerprint density at radius 2 is 1.83 bits per heavy atom. The molecule has 0 aliphatic heterocycles. The molecule has 0 fully saturated rings. The van der Waals surface area contributed by atoms with Crippen LogP contribution in [0, 0.1) is 5.41 Å². The van der Waals surface area contributed by atoms with Gasteiger partial charge in [0.15, 0.2) is 18.2 Å². The molecule has 1 aromatic heterocycles. The van der Waals surface area contributed by atoms with E-state index >= 15 is 0 Å². The maximum atomic E-state index is 13.2. The fraction of sp³-hybridized carbons (Fsp3) is 0.345. The number of nitrogens with zero attached hydrogens (tertiary/aromatic N) is 3. The number of carbonyl (C=O) groups is 3. The van der Waals surface area contributed by atoms with E-state index < -0.39 is 42.4 Å². The van der Waals surface area contributed by atoms with Crippen LogP contribution in [0.5, 0.6) is 0 Å². The summed E-state index contributed by atoms with van der Waals surface area (Å²) in [7, 11) is 0. The third-order valence-electron chi connectivity index (χ3n) is 6.42. The number of anilines is 1. The SMILES string of the molecule is CCC(C(=O)NCC(=O)COC(=O)c1cccc2ccccc12)n1cc(C(C)C)nc(NCC(=N)/C(C)=N\O)c1=O. The molecule has 216 valence electrons. The Morgan fingerprint density at radius 3 is 2.51 bits per heavy atom. The van der Waals surface area contributed by atoms with E-state index in [2.05, 4.69) is 20.8 Å². The number of ether oxygens (including phenoxy) is 1. The number of esters is 1. The predicted molar refractivity (Wildman–Crippen MR) is 155 cm³/mol. The van der Waals surface area contributed by atoms with Crippen molar-refractivity contribution in [2.45, 2.75) is 46.1 Å². The molecule has 0 saturated heterocycles. The van der Waals surface area contributed by atoms with Gasteiger partial charge in [-0.1, -0.05) is 62.3 Å². The number of rotatable bonds is 13. The summed E-state index contributed by atoms with van der Waals surface area (Å²) in [4.78, 5) is 55.7. The summed E-state index contributed by atoms with van der Waals surface area (Å²) >= 11 is 0. The van der Waals surface area contributed by atoms with Crippen LogP contribution in [-0.4, -0.2) is 63.5 Å². The van der Waals surface area contributed by atoms with Gasteiger partial charge in [-0.25, -0.2) is 9.78 Å². The first-order chi connectivity index (χ1) is 19.6. The fourth-order valence-electron chi connectivity index (χ4n) is 4.00. The van der Waals surface area contributed by atoms with Gasteiger partial charge >= 0.3 is 5.97 Å². The van der Waals surface area contributed by atoms with Gasteiger partial charge < -0.3 is 26.0 Å². The zero-order valence-corrected chi connectivity index (χ0v) is 23.4. The number of benzene rings is 2. The zero-order chi connectivity index (χ0) is 30.1. The Hall–Kier alpha value is -4.87. The van der Waals surface area contributed by atoms with Gasteiger partial charge in [0.25, 0.3) is 5.56 Å². The quantitative estimate of drug-likeness (QED) is 0.106. The normalized spacial score (nSPS) is 12.2. The third kappa shape index (κ3) is 7.62. The van der Waals surface area contributed by atoms with Crippen LogP contribution < -0.4 is 16.2 Å². The standard InChI is InChI=1S/C29H34N6O6/c1-5-25(35-15-24(17(2)3)33-26(28(35)38)31-14-23(30)18(4)34-40)27(37)32-13-20(36)16-41-29(39)22-12-8-10-19-9-6-7-11-21(19)22/h6-12,15,17,25,30,40H,5,13-14,16H2,1-4H3,(H,31,33)(H,32,37)/b30-23?,34-18-. The minimum absolute atomic E-state index is 0.0420. The van der Waals surface area contributed by atoms with E-state index in [0.717, 1.165) is 5.39 Å². The average molecular weight is 563 g/mol. The first-order valence-corrected chi connectivity index (χ1v) is 13.1. The summed E-state index contributed by atoms with van der Waals surface area (Å²) in [6, 6.07) is 11.6. The molecule has 1 unspecified atom stereocenters. The molecule has 0 bridgehead atoms. The molecule has 1 amide bonds. The van der Waals surface area contributed by atoms with E-state index in [1.165, 1.54) is 17.7 Å². The second-order valence-corrected chi connectivity index (χ2v) is 9.68. The maximum Gasteiger partial charge on any atom is 0.339 e. The van der Waals surface area contributed by atoms with E-state index in [1.54, 1.807) is 31.2 Å². The number of amides is 1. The molecule has 0 radical (unpaired) electrons. The Morgan fingerprint density at radius 1 is 1.12 bits per heavy atom. The molecule has 1 heterocycles. The number of hydrogen-bond acceptors (Lipinski definition) is 10. The van der Waals surface area contributed by atoms with Crippen molar-refractivity contribution >= 4 is 45.7 Å². The van der Waals surface area contributed by atoms with Crippen LogP contribution in [0.3, 0.4) is 0 Å². The summed E-state index contributed by atoms with van der Waals surface area (Å²) in [5.41, 5.74) is 0.324. The highest BCUT2D eigenvalue weighted by Gasteiger charge is 2.24. The number of aromatic nitrogens is 2. The maximum absolute atomic E-state index is 13.2. The van der Waals surface area contributed by atoms with E-state index in [4.69, 9.17) is 15.4 Å². The fourth-order valence-corrected chi connectivity index (χ4v) is 4.00. The van der Waals surface area contributed by atoms with Crippen molar-refractivity contribution in [1.29, 1.82) is 5.41 Å². The molecule has 41 heavy (non-hydrogen) atoms.